The highest BCUT2D eigenvalue weighted by atomic mass is 16.6. The predicted molar refractivity (Wildman–Crippen MR) is 106 cm³/mol. The first-order valence-electron chi connectivity index (χ1n) is 9.67. The second kappa shape index (κ2) is 9.78. The number of likely N-dealkylation sites (tertiary alicyclic amines) is 1. The van der Waals surface area contributed by atoms with Crippen molar-refractivity contribution in [2.24, 2.45) is 5.92 Å². The van der Waals surface area contributed by atoms with Crippen molar-refractivity contribution >= 4 is 12.0 Å². The van der Waals surface area contributed by atoms with E-state index in [-0.39, 0.29) is 17.9 Å². The number of nitrogens with one attached hydrogen (secondary N) is 1. The van der Waals surface area contributed by atoms with Gasteiger partial charge in [-0.05, 0) is 49.6 Å². The van der Waals surface area contributed by atoms with E-state index in [1.807, 2.05) is 54.6 Å². The van der Waals surface area contributed by atoms with E-state index in [0.717, 1.165) is 29.9 Å². The summed E-state index contributed by atoms with van der Waals surface area (Å²) in [5.74, 6) is 1.31. The Morgan fingerprint density at radius 2 is 1.79 bits per heavy atom. The first-order valence-corrected chi connectivity index (χ1v) is 9.67. The number of ether oxygens (including phenoxy) is 2. The van der Waals surface area contributed by atoms with Crippen LogP contribution in [0.3, 0.4) is 0 Å². The summed E-state index contributed by atoms with van der Waals surface area (Å²) in [4.78, 5) is 26.0. The summed E-state index contributed by atoms with van der Waals surface area (Å²) in [6.07, 6.45) is 1.25. The van der Waals surface area contributed by atoms with E-state index in [1.165, 1.54) is 0 Å². The molecular weight excluding hydrogens is 356 g/mol. The highest BCUT2D eigenvalue weighted by Gasteiger charge is 2.28. The third-order valence-corrected chi connectivity index (χ3v) is 4.69. The first kappa shape index (κ1) is 19.7. The van der Waals surface area contributed by atoms with E-state index < -0.39 is 0 Å². The fraction of sp³-hybridized carbons (Fsp3) is 0.364. The van der Waals surface area contributed by atoms with Crippen LogP contribution in [0, 0.1) is 5.92 Å². The number of hydrogen-bond donors (Lipinski definition) is 1. The number of carbonyl (C=O) groups is 2. The number of benzene rings is 2. The molecule has 1 fully saturated rings. The molecule has 1 aliphatic heterocycles. The van der Waals surface area contributed by atoms with E-state index >= 15 is 0 Å². The molecule has 148 valence electrons. The summed E-state index contributed by atoms with van der Waals surface area (Å²) in [6, 6.07) is 17.2. The van der Waals surface area contributed by atoms with Crippen LogP contribution in [0.2, 0.25) is 0 Å². The maximum atomic E-state index is 12.5. The highest BCUT2D eigenvalue weighted by molar-refractivity contribution is 5.80. The van der Waals surface area contributed by atoms with Gasteiger partial charge in [-0.3, -0.25) is 4.79 Å². The lowest BCUT2D eigenvalue weighted by Gasteiger charge is -2.31. The van der Waals surface area contributed by atoms with Gasteiger partial charge in [0.05, 0.1) is 12.5 Å². The van der Waals surface area contributed by atoms with Crippen molar-refractivity contribution in [2.45, 2.75) is 26.3 Å². The van der Waals surface area contributed by atoms with Crippen molar-refractivity contribution in [3.63, 3.8) is 0 Å². The Balaban J connectivity index is 1.48. The molecule has 1 aliphatic rings. The molecule has 1 heterocycles. The van der Waals surface area contributed by atoms with Crippen molar-refractivity contribution < 1.29 is 19.1 Å². The molecular formula is C22H26N2O4. The van der Waals surface area contributed by atoms with Crippen molar-refractivity contribution in [2.75, 3.05) is 19.7 Å². The molecule has 28 heavy (non-hydrogen) atoms. The second-order valence-corrected chi connectivity index (χ2v) is 6.76. The fourth-order valence-corrected chi connectivity index (χ4v) is 3.21. The summed E-state index contributed by atoms with van der Waals surface area (Å²) in [5, 5.41) is 2.97. The number of nitrogens with zero attached hydrogens (tertiary/aromatic N) is 1. The van der Waals surface area contributed by atoms with Gasteiger partial charge in [0.15, 0.2) is 0 Å². The monoisotopic (exact) mass is 382 g/mol. The van der Waals surface area contributed by atoms with Crippen molar-refractivity contribution in [3.05, 3.63) is 60.2 Å². The van der Waals surface area contributed by atoms with Gasteiger partial charge >= 0.3 is 6.09 Å². The Bertz CT molecular complexity index is 777. The standard InChI is InChI=1S/C22H26N2O4/c1-2-27-22(26)24-14-6-7-18(16-24)21(25)23-15-17-10-12-20(13-11-17)28-19-8-4-3-5-9-19/h3-5,8-13,18H,2,6-7,14-16H2,1H3,(H,23,25). The Labute approximate surface area is 165 Å². The molecule has 0 spiro atoms. The maximum absolute atomic E-state index is 12.5. The van der Waals surface area contributed by atoms with Gasteiger partial charge in [-0.15, -0.1) is 0 Å². The average Bonchev–Trinajstić information content (AvgIpc) is 2.74. The van der Waals surface area contributed by atoms with Crippen LogP contribution in [-0.4, -0.2) is 36.6 Å². The predicted octanol–water partition coefficient (Wildman–Crippen LogP) is 3.96. The molecule has 1 unspecified atom stereocenters. The van der Waals surface area contributed by atoms with Crippen LogP contribution < -0.4 is 10.1 Å². The van der Waals surface area contributed by atoms with Gasteiger partial charge in [0.1, 0.15) is 11.5 Å². The zero-order chi connectivity index (χ0) is 19.8. The normalized spacial score (nSPS) is 16.3. The smallest absolute Gasteiger partial charge is 0.409 e. The Kier molecular flexibility index (Phi) is 6.89. The third-order valence-electron chi connectivity index (χ3n) is 4.69. The highest BCUT2D eigenvalue weighted by Crippen LogP contribution is 2.21. The number of amides is 2. The number of piperidine rings is 1. The van der Waals surface area contributed by atoms with Crippen LogP contribution in [-0.2, 0) is 16.1 Å². The summed E-state index contributed by atoms with van der Waals surface area (Å²) in [6.45, 7) is 3.62. The zero-order valence-corrected chi connectivity index (χ0v) is 16.1. The molecule has 0 radical (unpaired) electrons. The lowest BCUT2D eigenvalue weighted by atomic mass is 9.97. The van der Waals surface area contributed by atoms with Crippen LogP contribution in [0.25, 0.3) is 0 Å². The molecule has 1 N–H and O–H groups in total. The molecule has 2 amide bonds. The largest absolute Gasteiger partial charge is 0.457 e. The van der Waals surface area contributed by atoms with Crippen LogP contribution >= 0.6 is 0 Å². The average molecular weight is 382 g/mol. The van der Waals surface area contributed by atoms with Gasteiger partial charge in [-0.25, -0.2) is 4.79 Å². The van der Waals surface area contributed by atoms with Crippen LogP contribution in [0.4, 0.5) is 4.79 Å². The molecule has 0 bridgehead atoms. The fourth-order valence-electron chi connectivity index (χ4n) is 3.21. The second-order valence-electron chi connectivity index (χ2n) is 6.76. The van der Waals surface area contributed by atoms with E-state index in [4.69, 9.17) is 9.47 Å². The molecule has 0 saturated carbocycles. The number of carbonyl (C=O) groups excluding carboxylic acids is 2. The van der Waals surface area contributed by atoms with Gasteiger partial charge in [-0.1, -0.05) is 30.3 Å². The number of hydrogen-bond acceptors (Lipinski definition) is 4. The van der Waals surface area contributed by atoms with E-state index in [1.54, 1.807) is 11.8 Å². The lowest BCUT2D eigenvalue weighted by molar-refractivity contribution is -0.126. The summed E-state index contributed by atoms with van der Waals surface area (Å²) in [5.41, 5.74) is 0.992. The Morgan fingerprint density at radius 1 is 1.07 bits per heavy atom. The van der Waals surface area contributed by atoms with Crippen LogP contribution in [0.15, 0.2) is 54.6 Å². The molecule has 2 aromatic rings. The van der Waals surface area contributed by atoms with Crippen LogP contribution in [0.1, 0.15) is 25.3 Å². The molecule has 6 heteroatoms. The van der Waals surface area contributed by atoms with E-state index in [0.29, 0.717) is 26.2 Å². The minimum atomic E-state index is -0.339. The van der Waals surface area contributed by atoms with Gasteiger partial charge in [0.25, 0.3) is 0 Å². The number of rotatable bonds is 6. The first-order chi connectivity index (χ1) is 13.7. The maximum Gasteiger partial charge on any atom is 0.409 e. The summed E-state index contributed by atoms with van der Waals surface area (Å²) >= 11 is 0. The molecule has 1 saturated heterocycles. The lowest BCUT2D eigenvalue weighted by Crippen LogP contribution is -2.45. The van der Waals surface area contributed by atoms with Crippen molar-refractivity contribution in [1.29, 1.82) is 0 Å². The van der Waals surface area contributed by atoms with Gasteiger partial charge in [-0.2, -0.15) is 0 Å². The minimum absolute atomic E-state index is 0.0291. The van der Waals surface area contributed by atoms with Crippen molar-refractivity contribution in [1.82, 2.24) is 10.2 Å². The van der Waals surface area contributed by atoms with Gasteiger partial charge in [0.2, 0.25) is 5.91 Å². The van der Waals surface area contributed by atoms with Crippen molar-refractivity contribution in [3.8, 4) is 11.5 Å². The summed E-state index contributed by atoms with van der Waals surface area (Å²) in [7, 11) is 0. The third kappa shape index (κ3) is 5.49. The molecule has 6 nitrogen and oxygen atoms in total. The minimum Gasteiger partial charge on any atom is -0.457 e. The summed E-state index contributed by atoms with van der Waals surface area (Å²) < 4.78 is 10.8. The molecule has 1 atom stereocenters. The van der Waals surface area contributed by atoms with E-state index in [2.05, 4.69) is 5.32 Å². The van der Waals surface area contributed by atoms with Gasteiger partial charge < -0.3 is 19.7 Å². The quantitative estimate of drug-likeness (QED) is 0.821. The molecule has 0 aromatic heterocycles. The molecule has 3 rings (SSSR count). The molecule has 0 aliphatic carbocycles. The molecule has 2 aromatic carbocycles. The topological polar surface area (TPSA) is 67.9 Å². The number of para-hydroxylation sites is 1. The van der Waals surface area contributed by atoms with E-state index in [9.17, 15) is 9.59 Å². The SMILES string of the molecule is CCOC(=O)N1CCCC(C(=O)NCc2ccc(Oc3ccccc3)cc2)C1. The Morgan fingerprint density at radius 3 is 2.50 bits per heavy atom. The van der Waals surface area contributed by atoms with Gasteiger partial charge in [0, 0.05) is 19.6 Å². The Hall–Kier alpha value is -3.02. The van der Waals surface area contributed by atoms with Crippen LogP contribution in [0.5, 0.6) is 11.5 Å². The zero-order valence-electron chi connectivity index (χ0n) is 16.1.